The monoisotopic (exact) mass is 435 g/mol. The van der Waals surface area contributed by atoms with Crippen LogP contribution in [0.3, 0.4) is 0 Å². The highest BCUT2D eigenvalue weighted by atomic mass is 19.4. The third-order valence-corrected chi connectivity index (χ3v) is 4.57. The first kappa shape index (κ1) is 22.3. The molecular weight excluding hydrogens is 411 g/mol. The SMILES string of the molecule is CC(C)C(=O)NCCCNc1nc(Nc2ccc3cnn(C)c3c2)ncc1C(F)(F)F. The first-order valence-corrected chi connectivity index (χ1v) is 9.79. The van der Waals surface area contributed by atoms with Gasteiger partial charge in [-0.2, -0.15) is 23.3 Å². The molecule has 31 heavy (non-hydrogen) atoms. The predicted octanol–water partition coefficient (Wildman–Crippen LogP) is 3.70. The van der Waals surface area contributed by atoms with Gasteiger partial charge in [-0.15, -0.1) is 0 Å². The maximum Gasteiger partial charge on any atom is 0.421 e. The van der Waals surface area contributed by atoms with Crippen molar-refractivity contribution in [2.45, 2.75) is 26.4 Å². The molecule has 0 radical (unpaired) electrons. The zero-order valence-corrected chi connectivity index (χ0v) is 17.4. The molecule has 0 saturated heterocycles. The zero-order valence-electron chi connectivity index (χ0n) is 17.4. The second kappa shape index (κ2) is 9.19. The quantitative estimate of drug-likeness (QED) is 0.467. The van der Waals surface area contributed by atoms with E-state index in [0.717, 1.165) is 17.1 Å². The molecule has 0 aliphatic heterocycles. The first-order chi connectivity index (χ1) is 14.6. The van der Waals surface area contributed by atoms with E-state index in [1.807, 2.05) is 12.1 Å². The fourth-order valence-corrected chi connectivity index (χ4v) is 2.85. The molecule has 2 aromatic heterocycles. The maximum atomic E-state index is 13.4. The van der Waals surface area contributed by atoms with Crippen LogP contribution in [-0.2, 0) is 18.0 Å². The Kier molecular flexibility index (Phi) is 6.62. The molecule has 0 unspecified atom stereocenters. The van der Waals surface area contributed by atoms with E-state index in [1.54, 1.807) is 37.8 Å². The number of rotatable bonds is 8. The average Bonchev–Trinajstić information content (AvgIpc) is 3.07. The molecular formula is C20H24F3N7O. The number of fused-ring (bicyclic) bond motifs is 1. The Bertz CT molecular complexity index is 1060. The van der Waals surface area contributed by atoms with Crippen LogP contribution in [0.15, 0.2) is 30.6 Å². The van der Waals surface area contributed by atoms with Gasteiger partial charge in [0.25, 0.3) is 0 Å². The van der Waals surface area contributed by atoms with Crippen LogP contribution in [-0.4, -0.2) is 38.7 Å². The van der Waals surface area contributed by atoms with Crippen LogP contribution in [0.2, 0.25) is 0 Å². The number of anilines is 3. The predicted molar refractivity (Wildman–Crippen MR) is 112 cm³/mol. The van der Waals surface area contributed by atoms with E-state index in [0.29, 0.717) is 18.7 Å². The Morgan fingerprint density at radius 2 is 1.97 bits per heavy atom. The topological polar surface area (TPSA) is 96.8 Å². The van der Waals surface area contributed by atoms with Gasteiger partial charge in [-0.3, -0.25) is 9.48 Å². The first-order valence-electron chi connectivity index (χ1n) is 9.79. The number of halogens is 3. The maximum absolute atomic E-state index is 13.4. The fourth-order valence-electron chi connectivity index (χ4n) is 2.85. The standard InChI is InChI=1S/C20H24F3N7O/c1-12(2)18(31)25-8-4-7-24-17-15(20(21,22)23)11-26-19(29-17)28-14-6-5-13-10-27-30(3)16(13)9-14/h5-6,9-12H,4,7-8H2,1-3H3,(H,25,31)(H2,24,26,28,29). The Morgan fingerprint density at radius 3 is 2.68 bits per heavy atom. The second-order valence-electron chi connectivity index (χ2n) is 7.35. The van der Waals surface area contributed by atoms with Crippen LogP contribution < -0.4 is 16.0 Å². The smallest absolute Gasteiger partial charge is 0.369 e. The highest BCUT2D eigenvalue weighted by molar-refractivity contribution is 5.83. The third kappa shape index (κ3) is 5.62. The lowest BCUT2D eigenvalue weighted by molar-refractivity contribution is -0.137. The number of benzene rings is 1. The van der Waals surface area contributed by atoms with E-state index in [1.165, 1.54) is 0 Å². The molecule has 3 rings (SSSR count). The van der Waals surface area contributed by atoms with Crippen molar-refractivity contribution in [3.8, 4) is 0 Å². The summed E-state index contributed by atoms with van der Waals surface area (Å²) in [7, 11) is 1.80. The zero-order chi connectivity index (χ0) is 22.6. The number of aromatic nitrogens is 4. The van der Waals surface area contributed by atoms with Gasteiger partial charge in [-0.25, -0.2) is 4.98 Å². The summed E-state index contributed by atoms with van der Waals surface area (Å²) >= 11 is 0. The summed E-state index contributed by atoms with van der Waals surface area (Å²) < 4.78 is 41.8. The average molecular weight is 435 g/mol. The molecule has 1 amide bonds. The molecule has 1 aromatic carbocycles. The summed E-state index contributed by atoms with van der Waals surface area (Å²) in [6.07, 6.45) is -1.68. The minimum Gasteiger partial charge on any atom is -0.369 e. The largest absolute Gasteiger partial charge is 0.421 e. The van der Waals surface area contributed by atoms with E-state index in [-0.39, 0.29) is 30.1 Å². The number of nitrogens with zero attached hydrogens (tertiary/aromatic N) is 4. The van der Waals surface area contributed by atoms with Crippen LogP contribution in [0.5, 0.6) is 0 Å². The molecule has 3 aromatic rings. The number of nitrogens with one attached hydrogen (secondary N) is 3. The summed E-state index contributed by atoms with van der Waals surface area (Å²) in [4.78, 5) is 19.4. The number of carbonyl (C=O) groups is 1. The van der Waals surface area contributed by atoms with Gasteiger partial charge in [0.15, 0.2) is 0 Å². The Balaban J connectivity index is 1.71. The van der Waals surface area contributed by atoms with Gasteiger partial charge in [-0.1, -0.05) is 13.8 Å². The highest BCUT2D eigenvalue weighted by Crippen LogP contribution is 2.34. The van der Waals surface area contributed by atoms with Crippen LogP contribution in [0, 0.1) is 5.92 Å². The lowest BCUT2D eigenvalue weighted by atomic mass is 10.2. The Hall–Kier alpha value is -3.37. The van der Waals surface area contributed by atoms with Gasteiger partial charge in [-0.05, 0) is 24.6 Å². The molecule has 0 saturated carbocycles. The molecule has 3 N–H and O–H groups in total. The molecule has 0 spiro atoms. The van der Waals surface area contributed by atoms with Gasteiger partial charge < -0.3 is 16.0 Å². The number of aryl methyl sites for hydroxylation is 1. The number of amides is 1. The van der Waals surface area contributed by atoms with Gasteiger partial charge in [0, 0.05) is 43.3 Å². The van der Waals surface area contributed by atoms with Crippen LogP contribution >= 0.6 is 0 Å². The molecule has 8 nitrogen and oxygen atoms in total. The molecule has 0 atom stereocenters. The van der Waals surface area contributed by atoms with Crippen molar-refractivity contribution < 1.29 is 18.0 Å². The summed E-state index contributed by atoms with van der Waals surface area (Å²) in [5.41, 5.74) is 0.531. The summed E-state index contributed by atoms with van der Waals surface area (Å²) in [6.45, 7) is 4.10. The van der Waals surface area contributed by atoms with Crippen molar-refractivity contribution in [3.63, 3.8) is 0 Å². The van der Waals surface area contributed by atoms with Crippen molar-refractivity contribution in [1.29, 1.82) is 0 Å². The van der Waals surface area contributed by atoms with E-state index in [2.05, 4.69) is 31.0 Å². The molecule has 0 fully saturated rings. The van der Waals surface area contributed by atoms with Gasteiger partial charge in [0.1, 0.15) is 11.4 Å². The van der Waals surface area contributed by atoms with E-state index in [9.17, 15) is 18.0 Å². The van der Waals surface area contributed by atoms with Gasteiger partial charge in [0.2, 0.25) is 11.9 Å². The lowest BCUT2D eigenvalue weighted by Crippen LogP contribution is -2.29. The van der Waals surface area contributed by atoms with Crippen molar-refractivity contribution in [1.82, 2.24) is 25.1 Å². The number of carbonyl (C=O) groups excluding carboxylic acids is 1. The molecule has 0 aliphatic rings. The normalized spacial score (nSPS) is 11.7. The van der Waals surface area contributed by atoms with Gasteiger partial charge >= 0.3 is 6.18 Å². The molecule has 0 bridgehead atoms. The summed E-state index contributed by atoms with van der Waals surface area (Å²) in [5.74, 6) is -0.535. The van der Waals surface area contributed by atoms with Crippen molar-refractivity contribution >= 4 is 34.3 Å². The second-order valence-corrected chi connectivity index (χ2v) is 7.35. The number of hydrogen-bond donors (Lipinski definition) is 3. The summed E-state index contributed by atoms with van der Waals surface area (Å²) in [6, 6.07) is 5.43. The number of alkyl halides is 3. The van der Waals surface area contributed by atoms with E-state index >= 15 is 0 Å². The fraction of sp³-hybridized carbons (Fsp3) is 0.400. The Morgan fingerprint density at radius 1 is 1.19 bits per heavy atom. The van der Waals surface area contributed by atoms with E-state index < -0.39 is 11.7 Å². The molecule has 2 heterocycles. The highest BCUT2D eigenvalue weighted by Gasteiger charge is 2.35. The number of hydrogen-bond acceptors (Lipinski definition) is 6. The molecule has 0 aliphatic carbocycles. The van der Waals surface area contributed by atoms with Crippen LogP contribution in [0.4, 0.5) is 30.6 Å². The molecule has 11 heteroatoms. The van der Waals surface area contributed by atoms with Gasteiger partial charge in [0.05, 0.1) is 11.7 Å². The Labute approximate surface area is 177 Å². The third-order valence-electron chi connectivity index (χ3n) is 4.57. The van der Waals surface area contributed by atoms with Crippen LogP contribution in [0.25, 0.3) is 10.9 Å². The van der Waals surface area contributed by atoms with Crippen molar-refractivity contribution in [2.24, 2.45) is 13.0 Å². The minimum atomic E-state index is -4.60. The summed E-state index contributed by atoms with van der Waals surface area (Å²) in [5, 5.41) is 13.5. The lowest BCUT2D eigenvalue weighted by Gasteiger charge is -2.15. The van der Waals surface area contributed by atoms with Crippen LogP contribution in [0.1, 0.15) is 25.8 Å². The van der Waals surface area contributed by atoms with Crippen molar-refractivity contribution in [3.05, 3.63) is 36.2 Å². The molecule has 166 valence electrons. The van der Waals surface area contributed by atoms with Crippen molar-refractivity contribution in [2.75, 3.05) is 23.7 Å². The van der Waals surface area contributed by atoms with E-state index in [4.69, 9.17) is 0 Å². The minimum absolute atomic E-state index is 0.0325.